The monoisotopic (exact) mass is 427 g/mol. The first kappa shape index (κ1) is 21.3. The first-order chi connectivity index (χ1) is 14.8. The number of unbranched alkanes of at least 4 members (excludes halogenated alkanes) is 1. The van der Waals surface area contributed by atoms with E-state index in [0.717, 1.165) is 43.6 Å². The molecular formula is C26H37NO4. The molecule has 1 fully saturated rings. The molecule has 1 heterocycles. The van der Waals surface area contributed by atoms with Crippen molar-refractivity contribution >= 4 is 0 Å². The second kappa shape index (κ2) is 6.72. The number of hydrogen-bond acceptors (Lipinski definition) is 5. The predicted octanol–water partition coefficient (Wildman–Crippen LogP) is 3.76. The van der Waals surface area contributed by atoms with Gasteiger partial charge in [-0.3, -0.25) is 0 Å². The van der Waals surface area contributed by atoms with Crippen molar-refractivity contribution in [3.05, 3.63) is 35.4 Å². The predicted molar refractivity (Wildman–Crippen MR) is 121 cm³/mol. The molecule has 31 heavy (non-hydrogen) atoms. The third-order valence-electron chi connectivity index (χ3n) is 9.05. The van der Waals surface area contributed by atoms with Crippen molar-refractivity contribution < 1.29 is 19.3 Å². The maximum absolute atomic E-state index is 11.3. The SMILES string of the molecule is CCCC[C@]12c3c4ccc(OC)c3OC1C1(OC)C=CC2(CC1C(C)(C)O)C(NC)C4. The van der Waals surface area contributed by atoms with Gasteiger partial charge in [0.2, 0.25) is 0 Å². The summed E-state index contributed by atoms with van der Waals surface area (Å²) in [5, 5.41) is 15.0. The van der Waals surface area contributed by atoms with Crippen LogP contribution in [0.4, 0.5) is 0 Å². The largest absolute Gasteiger partial charge is 0.493 e. The standard InChI is InChI=1S/C26H37NO4/c1-7-8-11-25-20-16-9-10-17(29-5)21(20)31-22(25)26(30-6)13-12-24(25,19(14-16)27-4)15-18(26)23(2,3)28/h9-10,12-13,18-19,22,27-28H,7-8,11,14-15H2,1-6H3/t18?,19?,22?,24?,25-,26?/m0/s1. The van der Waals surface area contributed by atoms with E-state index < -0.39 is 11.2 Å². The van der Waals surface area contributed by atoms with Crippen LogP contribution in [0.15, 0.2) is 24.3 Å². The molecule has 1 aliphatic heterocycles. The van der Waals surface area contributed by atoms with Gasteiger partial charge >= 0.3 is 0 Å². The second-order valence-corrected chi connectivity index (χ2v) is 10.6. The number of rotatable bonds is 7. The minimum atomic E-state index is -0.897. The molecule has 0 amide bonds. The molecule has 4 aliphatic carbocycles. The van der Waals surface area contributed by atoms with Crippen LogP contribution in [0.25, 0.3) is 0 Å². The molecule has 2 bridgehead atoms. The lowest BCUT2D eigenvalue weighted by Crippen LogP contribution is -2.78. The molecule has 0 saturated heterocycles. The summed E-state index contributed by atoms with van der Waals surface area (Å²) in [6, 6.07) is 4.54. The van der Waals surface area contributed by atoms with Gasteiger partial charge in [0.15, 0.2) is 11.5 Å². The summed E-state index contributed by atoms with van der Waals surface area (Å²) in [6.07, 6.45) is 9.54. The van der Waals surface area contributed by atoms with Gasteiger partial charge in [0.25, 0.3) is 0 Å². The van der Waals surface area contributed by atoms with Crippen molar-refractivity contribution in [2.24, 2.45) is 11.3 Å². The normalized spacial score (nSPS) is 39.4. The molecule has 5 unspecified atom stereocenters. The zero-order valence-corrected chi connectivity index (χ0v) is 19.7. The molecule has 6 rings (SSSR count). The maximum Gasteiger partial charge on any atom is 0.166 e. The van der Waals surface area contributed by atoms with Crippen LogP contribution >= 0.6 is 0 Å². The molecular weight excluding hydrogens is 390 g/mol. The fraction of sp³-hybridized carbons (Fsp3) is 0.692. The summed E-state index contributed by atoms with van der Waals surface area (Å²) in [7, 11) is 5.57. The molecule has 1 spiro atoms. The van der Waals surface area contributed by atoms with Gasteiger partial charge in [-0.25, -0.2) is 0 Å². The lowest BCUT2D eigenvalue weighted by atomic mass is 9.37. The first-order valence-corrected chi connectivity index (χ1v) is 11.8. The Labute approximate surface area is 186 Å². The topological polar surface area (TPSA) is 60.0 Å². The molecule has 5 nitrogen and oxygen atoms in total. The Bertz CT molecular complexity index is 921. The number of ether oxygens (including phenoxy) is 3. The lowest BCUT2D eigenvalue weighted by Gasteiger charge is -2.69. The number of aliphatic hydroxyl groups is 1. The molecule has 1 aromatic carbocycles. The smallest absolute Gasteiger partial charge is 0.166 e. The molecule has 5 aliphatic rings. The van der Waals surface area contributed by atoms with Crippen LogP contribution in [-0.2, 0) is 16.6 Å². The van der Waals surface area contributed by atoms with Crippen LogP contribution in [0.3, 0.4) is 0 Å². The van der Waals surface area contributed by atoms with Crippen molar-refractivity contribution in [2.45, 2.75) is 81.6 Å². The Morgan fingerprint density at radius 1 is 1.26 bits per heavy atom. The number of fused-ring (bicyclic) bond motifs is 1. The van der Waals surface area contributed by atoms with E-state index in [0.29, 0.717) is 0 Å². The van der Waals surface area contributed by atoms with E-state index in [9.17, 15) is 5.11 Å². The van der Waals surface area contributed by atoms with Crippen molar-refractivity contribution in [1.82, 2.24) is 5.32 Å². The number of benzene rings is 1. The van der Waals surface area contributed by atoms with Gasteiger partial charge in [-0.15, -0.1) is 0 Å². The second-order valence-electron chi connectivity index (χ2n) is 10.6. The fourth-order valence-corrected chi connectivity index (χ4v) is 7.80. The van der Waals surface area contributed by atoms with Crippen molar-refractivity contribution in [2.75, 3.05) is 21.3 Å². The Kier molecular flexibility index (Phi) is 4.62. The van der Waals surface area contributed by atoms with Gasteiger partial charge in [-0.2, -0.15) is 0 Å². The van der Waals surface area contributed by atoms with Gasteiger partial charge in [-0.1, -0.05) is 38.0 Å². The number of nitrogens with one attached hydrogen (secondary N) is 1. The van der Waals surface area contributed by atoms with Gasteiger partial charge < -0.3 is 24.6 Å². The molecule has 5 heteroatoms. The quantitative estimate of drug-likeness (QED) is 0.649. The highest BCUT2D eigenvalue weighted by Gasteiger charge is 2.78. The molecule has 2 N–H and O–H groups in total. The van der Waals surface area contributed by atoms with Crippen LogP contribution in [0, 0.1) is 11.3 Å². The summed E-state index contributed by atoms with van der Waals surface area (Å²) in [5.74, 6) is 1.61. The van der Waals surface area contributed by atoms with E-state index >= 15 is 0 Å². The number of methoxy groups -OCH3 is 2. The molecule has 0 radical (unpaired) electrons. The maximum atomic E-state index is 11.3. The van der Waals surface area contributed by atoms with E-state index in [1.54, 1.807) is 14.2 Å². The third kappa shape index (κ3) is 2.33. The molecule has 0 aromatic heterocycles. The molecule has 170 valence electrons. The van der Waals surface area contributed by atoms with Crippen LogP contribution in [0.2, 0.25) is 0 Å². The summed E-state index contributed by atoms with van der Waals surface area (Å²) in [5.41, 5.74) is 0.733. The third-order valence-corrected chi connectivity index (χ3v) is 9.05. The molecule has 1 aromatic rings. The van der Waals surface area contributed by atoms with Crippen LogP contribution in [0.1, 0.15) is 57.6 Å². The molecule has 1 saturated carbocycles. The van der Waals surface area contributed by atoms with Crippen molar-refractivity contribution in [1.29, 1.82) is 0 Å². The van der Waals surface area contributed by atoms with Gasteiger partial charge in [0.1, 0.15) is 11.7 Å². The van der Waals surface area contributed by atoms with Crippen molar-refractivity contribution in [3.63, 3.8) is 0 Å². The minimum absolute atomic E-state index is 0.0764. The number of hydrogen-bond donors (Lipinski definition) is 2. The zero-order chi connectivity index (χ0) is 22.2. The average Bonchev–Trinajstić information content (AvgIpc) is 3.14. The summed E-state index contributed by atoms with van der Waals surface area (Å²) in [6.45, 7) is 6.09. The Morgan fingerprint density at radius 3 is 2.65 bits per heavy atom. The zero-order valence-electron chi connectivity index (χ0n) is 19.7. The first-order valence-electron chi connectivity index (χ1n) is 11.8. The number of likely N-dealkylation sites (N-methyl/N-ethyl adjacent to an activating group) is 1. The Balaban J connectivity index is 1.86. The van der Waals surface area contributed by atoms with Gasteiger partial charge in [-0.05, 0) is 51.8 Å². The van der Waals surface area contributed by atoms with E-state index in [4.69, 9.17) is 14.2 Å². The Morgan fingerprint density at radius 2 is 2.03 bits per heavy atom. The van der Waals surface area contributed by atoms with Crippen LogP contribution in [0.5, 0.6) is 11.5 Å². The van der Waals surface area contributed by atoms with E-state index in [1.807, 2.05) is 19.9 Å². The summed E-state index contributed by atoms with van der Waals surface area (Å²) < 4.78 is 19.1. The summed E-state index contributed by atoms with van der Waals surface area (Å²) >= 11 is 0. The minimum Gasteiger partial charge on any atom is -0.493 e. The summed E-state index contributed by atoms with van der Waals surface area (Å²) in [4.78, 5) is 0. The van der Waals surface area contributed by atoms with Crippen LogP contribution in [-0.4, -0.2) is 49.7 Å². The Hall–Kier alpha value is -1.56. The van der Waals surface area contributed by atoms with Gasteiger partial charge in [0.05, 0.1) is 18.1 Å². The van der Waals surface area contributed by atoms with E-state index in [2.05, 4.69) is 37.5 Å². The van der Waals surface area contributed by atoms with Crippen LogP contribution < -0.4 is 14.8 Å². The molecule has 6 atom stereocenters. The van der Waals surface area contributed by atoms with E-state index in [1.165, 1.54) is 11.1 Å². The highest BCUT2D eigenvalue weighted by Crippen LogP contribution is 2.74. The highest BCUT2D eigenvalue weighted by molar-refractivity contribution is 5.65. The van der Waals surface area contributed by atoms with Crippen molar-refractivity contribution in [3.8, 4) is 11.5 Å². The lowest BCUT2D eigenvalue weighted by molar-refractivity contribution is -0.228. The van der Waals surface area contributed by atoms with E-state index in [-0.39, 0.29) is 28.9 Å². The fourth-order valence-electron chi connectivity index (χ4n) is 7.80. The van der Waals surface area contributed by atoms with Gasteiger partial charge in [0, 0.05) is 30.0 Å². The average molecular weight is 428 g/mol. The highest BCUT2D eigenvalue weighted by atomic mass is 16.6.